The van der Waals surface area contributed by atoms with E-state index in [1.54, 1.807) is 0 Å². The molecule has 0 unspecified atom stereocenters. The van der Waals surface area contributed by atoms with Crippen LogP contribution in [0.25, 0.3) is 0 Å². The average molecular weight is 501 g/mol. The van der Waals surface area contributed by atoms with Gasteiger partial charge < -0.3 is 24.8 Å². The average Bonchev–Trinajstić information content (AvgIpc) is 3.57. The fourth-order valence-electron chi connectivity index (χ4n) is 12.3. The van der Waals surface area contributed by atoms with Gasteiger partial charge in [0.15, 0.2) is 5.60 Å². The number of epoxide rings is 1. The van der Waals surface area contributed by atoms with Crippen LogP contribution < -0.4 is 0 Å². The molecule has 200 valence electrons. The maximum Gasteiger partial charge on any atom is 0.313 e. The van der Waals surface area contributed by atoms with Crippen LogP contribution in [-0.2, 0) is 14.3 Å². The topological polar surface area (TPSA) is 99.5 Å². The molecule has 36 heavy (non-hydrogen) atoms. The maximum atomic E-state index is 13.8. The van der Waals surface area contributed by atoms with Gasteiger partial charge in [0.2, 0.25) is 0 Å². The molecule has 2 aliphatic heterocycles. The Morgan fingerprint density at radius 3 is 2.47 bits per heavy atom. The van der Waals surface area contributed by atoms with Gasteiger partial charge in [-0.05, 0) is 73.5 Å². The van der Waals surface area contributed by atoms with Crippen molar-refractivity contribution in [2.75, 3.05) is 6.61 Å². The van der Waals surface area contributed by atoms with Gasteiger partial charge in [0.05, 0.1) is 30.3 Å². The van der Waals surface area contributed by atoms with Crippen LogP contribution in [0, 0.1) is 50.7 Å². The van der Waals surface area contributed by atoms with Crippen molar-refractivity contribution in [3.8, 4) is 0 Å². The molecular formula is C30H44O6. The van der Waals surface area contributed by atoms with Gasteiger partial charge in [0.25, 0.3) is 0 Å². The summed E-state index contributed by atoms with van der Waals surface area (Å²) in [6.45, 7) is 15.6. The molecule has 7 fully saturated rings. The van der Waals surface area contributed by atoms with E-state index in [0.29, 0.717) is 6.42 Å². The van der Waals surface area contributed by atoms with Crippen molar-refractivity contribution in [1.82, 2.24) is 0 Å². The highest BCUT2D eigenvalue weighted by molar-refractivity contribution is 5.82. The van der Waals surface area contributed by atoms with E-state index < -0.39 is 28.6 Å². The van der Waals surface area contributed by atoms with Gasteiger partial charge in [-0.25, -0.2) is 0 Å². The minimum Gasteiger partial charge on any atom is -0.455 e. The summed E-state index contributed by atoms with van der Waals surface area (Å²) in [4.78, 5) is 13.8. The second-order valence-corrected chi connectivity index (χ2v) is 15.0. The number of aliphatic hydroxyl groups is 3. The van der Waals surface area contributed by atoms with Gasteiger partial charge in [-0.15, -0.1) is 0 Å². The summed E-state index contributed by atoms with van der Waals surface area (Å²) in [6, 6.07) is 0. The number of carbonyl (C=O) groups is 1. The lowest BCUT2D eigenvalue weighted by molar-refractivity contribution is -0.287. The molecule has 6 nitrogen and oxygen atoms in total. The smallest absolute Gasteiger partial charge is 0.313 e. The summed E-state index contributed by atoms with van der Waals surface area (Å²) in [5.74, 6) is 0.543. The highest BCUT2D eigenvalue weighted by Gasteiger charge is 2.89. The van der Waals surface area contributed by atoms with Crippen LogP contribution in [0.1, 0.15) is 79.6 Å². The lowest BCUT2D eigenvalue weighted by Gasteiger charge is -2.72. The number of esters is 1. The number of hydrogen-bond acceptors (Lipinski definition) is 6. The minimum atomic E-state index is -0.938. The van der Waals surface area contributed by atoms with E-state index in [-0.39, 0.29) is 64.7 Å². The molecule has 0 amide bonds. The first-order valence-electron chi connectivity index (χ1n) is 14.3. The van der Waals surface area contributed by atoms with Gasteiger partial charge in [-0.3, -0.25) is 4.79 Å². The van der Waals surface area contributed by atoms with Crippen LogP contribution in [0.15, 0.2) is 12.2 Å². The number of fused-ring (bicyclic) bond motifs is 6. The van der Waals surface area contributed by atoms with Gasteiger partial charge in [-0.2, -0.15) is 0 Å². The molecular weight excluding hydrogens is 456 g/mol. The first kappa shape index (κ1) is 24.1. The fourth-order valence-corrected chi connectivity index (χ4v) is 12.3. The van der Waals surface area contributed by atoms with Crippen molar-refractivity contribution in [3.63, 3.8) is 0 Å². The Kier molecular flexibility index (Phi) is 4.42. The van der Waals surface area contributed by atoms with E-state index in [9.17, 15) is 20.1 Å². The SMILES string of the molecule is C=C1CC[C@@]23CC[C@]4(C)[C@@](OC2=O)([C@@H]3[C@H]1C)[C@H]1O[C@H]1[C@@H]1[C@@]2(C)C[C@@H](O)[C@H](O)[C@](C)(CO)[C@@H]2CC[C@]14C. The second-order valence-electron chi connectivity index (χ2n) is 15.0. The second kappa shape index (κ2) is 6.60. The van der Waals surface area contributed by atoms with Crippen molar-refractivity contribution < 1.29 is 29.6 Å². The van der Waals surface area contributed by atoms with E-state index in [1.165, 1.54) is 5.57 Å². The van der Waals surface area contributed by atoms with Crippen LogP contribution in [0.4, 0.5) is 0 Å². The van der Waals surface area contributed by atoms with E-state index >= 15 is 0 Å². The number of hydrogen-bond donors (Lipinski definition) is 3. The van der Waals surface area contributed by atoms with Gasteiger partial charge in [0, 0.05) is 16.7 Å². The molecule has 0 aromatic rings. The Labute approximate surface area is 214 Å². The van der Waals surface area contributed by atoms with Crippen LogP contribution >= 0.6 is 0 Å². The molecule has 7 aliphatic rings. The third kappa shape index (κ3) is 2.17. The predicted molar refractivity (Wildman–Crippen MR) is 133 cm³/mol. The Morgan fingerprint density at radius 2 is 1.78 bits per heavy atom. The van der Waals surface area contributed by atoms with E-state index in [4.69, 9.17) is 9.47 Å². The third-order valence-electron chi connectivity index (χ3n) is 14.2. The molecule has 3 N–H and O–H groups in total. The molecule has 1 spiro atoms. The summed E-state index contributed by atoms with van der Waals surface area (Å²) in [5, 5.41) is 32.6. The quantitative estimate of drug-likeness (QED) is 0.289. The maximum absolute atomic E-state index is 13.8. The lowest BCUT2D eigenvalue weighted by Crippen LogP contribution is -2.76. The molecule has 0 radical (unpaired) electrons. The number of aliphatic hydroxyl groups excluding tert-OH is 3. The highest BCUT2D eigenvalue weighted by Crippen LogP contribution is 2.83. The van der Waals surface area contributed by atoms with Crippen molar-refractivity contribution in [2.24, 2.45) is 50.7 Å². The first-order valence-corrected chi connectivity index (χ1v) is 14.3. The summed E-state index contributed by atoms with van der Waals surface area (Å²) in [7, 11) is 0. The van der Waals surface area contributed by atoms with Crippen molar-refractivity contribution >= 4 is 5.97 Å². The largest absolute Gasteiger partial charge is 0.455 e. The van der Waals surface area contributed by atoms with Crippen LogP contribution in [0.3, 0.4) is 0 Å². The molecule has 14 atom stereocenters. The molecule has 2 saturated heterocycles. The molecule has 0 aromatic heterocycles. The molecule has 0 aromatic carbocycles. The number of rotatable bonds is 1. The molecule has 5 saturated carbocycles. The Bertz CT molecular complexity index is 1060. The Morgan fingerprint density at radius 1 is 1.06 bits per heavy atom. The summed E-state index contributed by atoms with van der Waals surface area (Å²) in [5.41, 5.74) is -1.31. The molecule has 2 heterocycles. The normalized spacial score (nSPS) is 64.9. The Hall–Kier alpha value is -0.950. The summed E-state index contributed by atoms with van der Waals surface area (Å²) in [6.07, 6.45) is 3.87. The highest BCUT2D eigenvalue weighted by atomic mass is 16.6. The fraction of sp³-hybridized carbons (Fsp3) is 0.900. The molecule has 6 heteroatoms. The minimum absolute atomic E-state index is 0.00385. The molecule has 5 aliphatic carbocycles. The molecule has 2 bridgehead atoms. The third-order valence-corrected chi connectivity index (χ3v) is 14.2. The van der Waals surface area contributed by atoms with Gasteiger partial charge >= 0.3 is 5.97 Å². The lowest BCUT2D eigenvalue weighted by atomic mass is 9.30. The number of allylic oxidation sites excluding steroid dienone is 1. The van der Waals surface area contributed by atoms with Crippen molar-refractivity contribution in [1.29, 1.82) is 0 Å². The summed E-state index contributed by atoms with van der Waals surface area (Å²) >= 11 is 0. The van der Waals surface area contributed by atoms with Crippen molar-refractivity contribution in [3.05, 3.63) is 12.2 Å². The van der Waals surface area contributed by atoms with E-state index in [0.717, 1.165) is 38.5 Å². The monoisotopic (exact) mass is 500 g/mol. The van der Waals surface area contributed by atoms with Gasteiger partial charge in [0.1, 0.15) is 6.10 Å². The predicted octanol–water partition coefficient (Wildman–Crippen LogP) is 3.61. The first-order chi connectivity index (χ1) is 16.8. The number of ether oxygens (including phenoxy) is 2. The zero-order valence-electron chi connectivity index (χ0n) is 22.5. The summed E-state index contributed by atoms with van der Waals surface area (Å²) < 4.78 is 13.4. The zero-order valence-corrected chi connectivity index (χ0v) is 22.5. The van der Waals surface area contributed by atoms with Crippen molar-refractivity contribution in [2.45, 2.75) is 110 Å². The standard InChI is InChI=1S/C30H44O6/c1-15-7-10-29-12-11-28(6)27(5)9-8-18-25(3,13-17(32)22(33)26(18,4)14-31)21(27)19-23(35-19)30(28,36-24(29)34)20(29)16(15)2/h16-23,31-33H,1,7-14H2,2-6H3/t16-,17+,18+,19-,20+,21+,22-,23-,25-,26+,27+,28-,29-,30+/m0/s1. The Balaban J connectivity index is 1.40. The number of carbonyl (C=O) groups excluding carboxylic acids is 1. The molecule has 7 rings (SSSR count). The van der Waals surface area contributed by atoms with Crippen LogP contribution in [0.5, 0.6) is 0 Å². The zero-order chi connectivity index (χ0) is 25.8. The van der Waals surface area contributed by atoms with E-state index in [1.807, 2.05) is 6.92 Å². The van der Waals surface area contributed by atoms with Crippen LogP contribution in [0.2, 0.25) is 0 Å². The van der Waals surface area contributed by atoms with Gasteiger partial charge in [-0.1, -0.05) is 46.8 Å². The van der Waals surface area contributed by atoms with E-state index in [2.05, 4.69) is 34.3 Å². The van der Waals surface area contributed by atoms with Crippen LogP contribution in [-0.4, -0.2) is 57.9 Å².